The van der Waals surface area contributed by atoms with E-state index in [0.29, 0.717) is 5.56 Å². The Kier molecular flexibility index (Phi) is 12.3. The Morgan fingerprint density at radius 1 is 0.905 bits per heavy atom. The maximum absolute atomic E-state index is 14.4. The van der Waals surface area contributed by atoms with Crippen molar-refractivity contribution in [2.75, 3.05) is 26.3 Å². The van der Waals surface area contributed by atoms with Crippen LogP contribution in [0.1, 0.15) is 32.8 Å². The van der Waals surface area contributed by atoms with Gasteiger partial charge in [0.15, 0.2) is 6.10 Å². The van der Waals surface area contributed by atoms with Crippen molar-refractivity contribution >= 4 is 12.0 Å². The Labute approximate surface area is 232 Å². The van der Waals surface area contributed by atoms with E-state index in [4.69, 9.17) is 14.6 Å². The largest absolute Gasteiger partial charge is 0.492 e. The third kappa shape index (κ3) is 8.50. The number of nitrogens with one attached hydrogen (secondary N) is 1. The minimum atomic E-state index is -7.60. The van der Waals surface area contributed by atoms with Crippen LogP contribution < -0.4 is 10.1 Å². The van der Waals surface area contributed by atoms with Crippen molar-refractivity contribution in [2.45, 2.75) is 75.6 Å². The molecule has 0 saturated carbocycles. The van der Waals surface area contributed by atoms with Gasteiger partial charge in [0, 0.05) is 19.1 Å². The number of carboxylic acids is 1. The molecule has 0 aliphatic carbocycles. The van der Waals surface area contributed by atoms with Gasteiger partial charge in [0.25, 0.3) is 0 Å². The minimum Gasteiger partial charge on any atom is -0.492 e. The molecule has 0 radical (unpaired) electrons. The quantitative estimate of drug-likeness (QED) is 0.218. The molecule has 2 atom stereocenters. The molecule has 7 nitrogen and oxygen atoms in total. The van der Waals surface area contributed by atoms with Crippen LogP contribution in [0.3, 0.4) is 0 Å². The Bertz CT molecular complexity index is 1040. The van der Waals surface area contributed by atoms with Gasteiger partial charge in [0.2, 0.25) is 0 Å². The van der Waals surface area contributed by atoms with Crippen molar-refractivity contribution < 1.29 is 72.5 Å². The van der Waals surface area contributed by atoms with Crippen LogP contribution in [-0.2, 0) is 16.0 Å². The minimum absolute atomic E-state index is 0.00207. The number of carbonyl (C=O) groups is 2. The molecule has 42 heavy (non-hydrogen) atoms. The van der Waals surface area contributed by atoms with Crippen LogP contribution in [0.15, 0.2) is 24.3 Å². The molecule has 242 valence electrons. The summed E-state index contributed by atoms with van der Waals surface area (Å²) in [6.07, 6.45) is -8.34. The molecule has 1 rings (SSSR count). The van der Waals surface area contributed by atoms with Crippen LogP contribution in [0.5, 0.6) is 5.75 Å². The lowest BCUT2D eigenvalue weighted by molar-refractivity contribution is -0.422. The van der Waals surface area contributed by atoms with Crippen LogP contribution in [-0.4, -0.2) is 90.3 Å². The molecule has 1 aromatic carbocycles. The molecule has 0 aliphatic rings. The van der Waals surface area contributed by atoms with Crippen LogP contribution in [0.4, 0.5) is 53.1 Å². The Hall–Kier alpha value is -3.05. The highest BCUT2D eigenvalue weighted by Gasteiger charge is 2.87. The number of ether oxygens (including phenoxy) is 2. The number of rotatable bonds is 16. The number of halogens is 11. The van der Waals surface area contributed by atoms with E-state index in [0.717, 1.165) is 0 Å². The van der Waals surface area contributed by atoms with Crippen LogP contribution >= 0.6 is 0 Å². The van der Waals surface area contributed by atoms with Crippen LogP contribution in [0.25, 0.3) is 0 Å². The van der Waals surface area contributed by atoms with E-state index in [-0.39, 0.29) is 30.1 Å². The Morgan fingerprint density at radius 2 is 1.45 bits per heavy atom. The lowest BCUT2D eigenvalue weighted by atomic mass is 9.97. The summed E-state index contributed by atoms with van der Waals surface area (Å²) in [6, 6.07) is 3.05. The number of benzene rings is 1. The molecule has 0 heterocycles. The van der Waals surface area contributed by atoms with Gasteiger partial charge >= 0.3 is 41.9 Å². The molecule has 18 heteroatoms. The highest BCUT2D eigenvalue weighted by Crippen LogP contribution is 2.57. The lowest BCUT2D eigenvalue weighted by Gasteiger charge is -2.39. The number of urea groups is 1. The van der Waals surface area contributed by atoms with Crippen molar-refractivity contribution in [1.82, 2.24) is 10.2 Å². The normalized spacial score (nSPS) is 14.7. The number of hydrogen-bond donors (Lipinski definition) is 2. The van der Waals surface area contributed by atoms with Gasteiger partial charge < -0.3 is 24.8 Å². The van der Waals surface area contributed by atoms with Gasteiger partial charge in [0.1, 0.15) is 12.4 Å². The second-order valence-corrected chi connectivity index (χ2v) is 9.08. The Morgan fingerprint density at radius 3 is 1.90 bits per heavy atom. The summed E-state index contributed by atoms with van der Waals surface area (Å²) in [5.74, 6) is -29.9. The van der Waals surface area contributed by atoms with E-state index in [1.807, 2.05) is 0 Å². The monoisotopic (exact) mass is 634 g/mol. The molecule has 0 fully saturated rings. The summed E-state index contributed by atoms with van der Waals surface area (Å²) in [5.41, 5.74) is 0.469. The maximum Gasteiger partial charge on any atom is 0.460 e. The van der Waals surface area contributed by atoms with E-state index in [9.17, 15) is 57.9 Å². The first-order valence-electron chi connectivity index (χ1n) is 12.2. The second-order valence-electron chi connectivity index (χ2n) is 9.08. The third-order valence-electron chi connectivity index (χ3n) is 5.88. The van der Waals surface area contributed by atoms with Gasteiger partial charge in [-0.2, -0.15) is 48.3 Å². The van der Waals surface area contributed by atoms with Crippen molar-refractivity contribution in [3.63, 3.8) is 0 Å². The zero-order valence-electron chi connectivity index (χ0n) is 22.4. The topological polar surface area (TPSA) is 88.1 Å². The number of aliphatic carboxylic acids is 1. The molecule has 0 aromatic heterocycles. The summed E-state index contributed by atoms with van der Waals surface area (Å²) in [7, 11) is 0. The fraction of sp³-hybridized carbons (Fsp3) is 0.667. The number of carboxylic acid groups (broad SMARTS) is 1. The number of alkyl halides is 11. The lowest BCUT2D eigenvalue weighted by Crippen LogP contribution is -2.68. The fourth-order valence-electron chi connectivity index (χ4n) is 3.23. The SMILES string of the molecule is CCOC(Cc1ccc(OCCN(CC(F)(F)C(F)(F)C(F)(F)C(F)(F)C(F)(F)F)C(=O)NC(C)CC)cc1)C(=O)O. The van der Waals surface area contributed by atoms with E-state index in [2.05, 4.69) is 5.32 Å². The van der Waals surface area contributed by atoms with Gasteiger partial charge in [-0.25, -0.2) is 9.59 Å². The molecule has 2 N–H and O–H groups in total. The molecular weight excluding hydrogens is 605 g/mol. The number of carbonyl (C=O) groups excluding carboxylic acids is 1. The summed E-state index contributed by atoms with van der Waals surface area (Å²) in [6.45, 7) is 0.106. The van der Waals surface area contributed by atoms with E-state index in [1.54, 1.807) is 6.92 Å². The first kappa shape index (κ1) is 37.0. The summed E-state index contributed by atoms with van der Waals surface area (Å²) in [5, 5.41) is 11.2. The summed E-state index contributed by atoms with van der Waals surface area (Å²) < 4.78 is 158. The van der Waals surface area contributed by atoms with Gasteiger partial charge in [-0.15, -0.1) is 0 Å². The van der Waals surface area contributed by atoms with Gasteiger partial charge in [-0.1, -0.05) is 19.1 Å². The van der Waals surface area contributed by atoms with E-state index < -0.39 is 73.7 Å². The van der Waals surface area contributed by atoms with Crippen molar-refractivity contribution in [3.05, 3.63) is 29.8 Å². The molecular formula is C24H29F11N2O5. The van der Waals surface area contributed by atoms with Crippen molar-refractivity contribution in [1.29, 1.82) is 0 Å². The van der Waals surface area contributed by atoms with Gasteiger partial charge in [0.05, 0.1) is 13.1 Å². The van der Waals surface area contributed by atoms with Crippen molar-refractivity contribution in [3.8, 4) is 5.75 Å². The number of hydrogen-bond acceptors (Lipinski definition) is 4. The summed E-state index contributed by atoms with van der Waals surface area (Å²) >= 11 is 0. The summed E-state index contributed by atoms with van der Waals surface area (Å²) in [4.78, 5) is 23.4. The number of nitrogens with zero attached hydrogens (tertiary/aromatic N) is 1. The maximum atomic E-state index is 14.4. The molecule has 0 saturated heterocycles. The molecule has 2 unspecified atom stereocenters. The average Bonchev–Trinajstić information content (AvgIpc) is 2.87. The van der Waals surface area contributed by atoms with Gasteiger partial charge in [-0.3, -0.25) is 0 Å². The van der Waals surface area contributed by atoms with Crippen molar-refractivity contribution in [2.24, 2.45) is 0 Å². The first-order chi connectivity index (χ1) is 19.1. The Balaban J connectivity index is 3.12. The highest BCUT2D eigenvalue weighted by atomic mass is 19.4. The third-order valence-corrected chi connectivity index (χ3v) is 5.88. The first-order valence-corrected chi connectivity index (χ1v) is 12.2. The zero-order valence-corrected chi connectivity index (χ0v) is 22.4. The molecule has 0 spiro atoms. The standard InChI is InChI=1S/C24H29F11N2O5/c1-4-14(3)36-19(40)37(13-20(25,26)21(27,28)22(29,30)23(31,32)24(33,34)35)10-11-42-16-8-6-15(7-9-16)12-17(18(38)39)41-5-2/h6-9,14,17H,4-5,10-13H2,1-3H3,(H,36,40)(H,38,39). The predicted molar refractivity (Wildman–Crippen MR) is 124 cm³/mol. The van der Waals surface area contributed by atoms with E-state index in [1.165, 1.54) is 38.1 Å². The molecule has 0 bridgehead atoms. The average molecular weight is 634 g/mol. The molecule has 0 aliphatic heterocycles. The zero-order chi connectivity index (χ0) is 32.7. The van der Waals surface area contributed by atoms with Crippen LogP contribution in [0.2, 0.25) is 0 Å². The van der Waals surface area contributed by atoms with Gasteiger partial charge in [-0.05, 0) is 38.0 Å². The molecule has 2 amide bonds. The number of amides is 2. The predicted octanol–water partition coefficient (Wildman–Crippen LogP) is 6.01. The second kappa shape index (κ2) is 13.9. The van der Waals surface area contributed by atoms with E-state index >= 15 is 0 Å². The fourth-order valence-corrected chi connectivity index (χ4v) is 3.23. The molecule has 1 aromatic rings. The van der Waals surface area contributed by atoms with Crippen LogP contribution in [0, 0.1) is 0 Å². The highest BCUT2D eigenvalue weighted by molar-refractivity contribution is 5.74. The smallest absolute Gasteiger partial charge is 0.460 e.